The van der Waals surface area contributed by atoms with Crippen LogP contribution in [0, 0.1) is 13.8 Å². The third-order valence-electron chi connectivity index (χ3n) is 4.41. The van der Waals surface area contributed by atoms with Crippen molar-refractivity contribution in [3.8, 4) is 0 Å². The standard InChI is InChI=1S/C18H26N2O5/c1-4-24-18(23)16-12(2)15(13(3)19-16)17(22)25-11-14(21)20-9-7-5-6-8-10-20/h19H,4-11H2,1-3H3. The highest BCUT2D eigenvalue weighted by Gasteiger charge is 2.25. The van der Waals surface area contributed by atoms with Gasteiger partial charge in [0.1, 0.15) is 5.69 Å². The first-order valence-corrected chi connectivity index (χ1v) is 8.76. The third kappa shape index (κ3) is 4.61. The Hall–Kier alpha value is -2.31. The molecule has 0 unspecified atom stereocenters. The molecule has 2 rings (SSSR count). The molecule has 0 aliphatic carbocycles. The molecule has 1 aromatic heterocycles. The van der Waals surface area contributed by atoms with Crippen molar-refractivity contribution in [1.29, 1.82) is 0 Å². The molecule has 0 bridgehead atoms. The van der Waals surface area contributed by atoms with Crippen LogP contribution in [-0.4, -0.2) is 54.0 Å². The molecule has 0 aromatic carbocycles. The highest BCUT2D eigenvalue weighted by Crippen LogP contribution is 2.20. The van der Waals surface area contributed by atoms with Gasteiger partial charge in [-0.15, -0.1) is 0 Å². The number of carbonyl (C=O) groups excluding carboxylic acids is 3. The van der Waals surface area contributed by atoms with E-state index in [9.17, 15) is 14.4 Å². The monoisotopic (exact) mass is 350 g/mol. The summed E-state index contributed by atoms with van der Waals surface area (Å²) in [5, 5.41) is 0. The number of rotatable bonds is 5. The summed E-state index contributed by atoms with van der Waals surface area (Å²) in [6.07, 6.45) is 4.22. The first kappa shape index (κ1) is 19.0. The maximum absolute atomic E-state index is 12.4. The van der Waals surface area contributed by atoms with Gasteiger partial charge in [0.25, 0.3) is 5.91 Å². The number of aromatic nitrogens is 1. The average molecular weight is 350 g/mol. The minimum Gasteiger partial charge on any atom is -0.461 e. The van der Waals surface area contributed by atoms with Crippen LogP contribution in [0.25, 0.3) is 0 Å². The summed E-state index contributed by atoms with van der Waals surface area (Å²) >= 11 is 0. The van der Waals surface area contributed by atoms with Gasteiger partial charge in [0, 0.05) is 18.8 Å². The highest BCUT2D eigenvalue weighted by atomic mass is 16.5. The number of esters is 2. The van der Waals surface area contributed by atoms with Crippen molar-refractivity contribution in [2.24, 2.45) is 0 Å². The Morgan fingerprint density at radius 1 is 1.00 bits per heavy atom. The van der Waals surface area contributed by atoms with E-state index in [1.165, 1.54) is 0 Å². The van der Waals surface area contributed by atoms with Crippen LogP contribution in [0.15, 0.2) is 0 Å². The molecule has 1 amide bonds. The molecule has 25 heavy (non-hydrogen) atoms. The molecule has 1 N–H and O–H groups in total. The molecule has 1 aliphatic rings. The minimum atomic E-state index is -0.607. The van der Waals surface area contributed by atoms with Crippen molar-refractivity contribution in [3.63, 3.8) is 0 Å². The number of hydrogen-bond donors (Lipinski definition) is 1. The van der Waals surface area contributed by atoms with Gasteiger partial charge in [0.15, 0.2) is 6.61 Å². The normalized spacial score (nSPS) is 14.8. The average Bonchev–Trinajstić information content (AvgIpc) is 2.77. The lowest BCUT2D eigenvalue weighted by molar-refractivity contribution is -0.134. The van der Waals surface area contributed by atoms with Crippen molar-refractivity contribution < 1.29 is 23.9 Å². The predicted octanol–water partition coefficient (Wildman–Crippen LogP) is 2.37. The zero-order chi connectivity index (χ0) is 18.4. The van der Waals surface area contributed by atoms with Crippen molar-refractivity contribution in [3.05, 3.63) is 22.5 Å². The lowest BCUT2D eigenvalue weighted by atomic mass is 10.1. The number of H-pyrrole nitrogens is 1. The number of nitrogens with zero attached hydrogens (tertiary/aromatic N) is 1. The van der Waals surface area contributed by atoms with E-state index in [0.717, 1.165) is 25.7 Å². The number of aryl methyl sites for hydroxylation is 1. The van der Waals surface area contributed by atoms with E-state index in [0.29, 0.717) is 24.3 Å². The maximum Gasteiger partial charge on any atom is 0.355 e. The molecule has 7 heteroatoms. The van der Waals surface area contributed by atoms with Crippen LogP contribution >= 0.6 is 0 Å². The Morgan fingerprint density at radius 3 is 2.24 bits per heavy atom. The van der Waals surface area contributed by atoms with E-state index < -0.39 is 11.9 Å². The molecule has 0 saturated carbocycles. The molecule has 1 aromatic rings. The van der Waals surface area contributed by atoms with Gasteiger partial charge in [-0.1, -0.05) is 12.8 Å². The number of amides is 1. The topological polar surface area (TPSA) is 88.7 Å². The van der Waals surface area contributed by atoms with Crippen molar-refractivity contribution >= 4 is 17.8 Å². The molecule has 138 valence electrons. The first-order chi connectivity index (χ1) is 12.0. The number of likely N-dealkylation sites (tertiary alicyclic amines) is 1. The summed E-state index contributed by atoms with van der Waals surface area (Å²) in [6.45, 7) is 6.45. The molecule has 0 radical (unpaired) electrons. The van der Waals surface area contributed by atoms with Crippen LogP contribution in [0.3, 0.4) is 0 Å². The SMILES string of the molecule is CCOC(=O)c1[nH]c(C)c(C(=O)OCC(=O)N2CCCCCC2)c1C. The summed E-state index contributed by atoms with van der Waals surface area (Å²) in [6, 6.07) is 0. The molecule has 1 saturated heterocycles. The van der Waals surface area contributed by atoms with Crippen LogP contribution in [-0.2, 0) is 14.3 Å². The second-order valence-electron chi connectivity index (χ2n) is 6.22. The van der Waals surface area contributed by atoms with Crippen LogP contribution in [0.4, 0.5) is 0 Å². The summed E-state index contributed by atoms with van der Waals surface area (Å²) in [5.41, 5.74) is 1.52. The third-order valence-corrected chi connectivity index (χ3v) is 4.41. The molecule has 0 atom stereocenters. The van der Waals surface area contributed by atoms with Gasteiger partial charge in [0.05, 0.1) is 12.2 Å². The Kier molecular flexibility index (Phi) is 6.61. The number of aromatic amines is 1. The number of ether oxygens (including phenoxy) is 2. The summed E-state index contributed by atoms with van der Waals surface area (Å²) < 4.78 is 10.2. The van der Waals surface area contributed by atoms with E-state index in [-0.39, 0.29) is 30.4 Å². The van der Waals surface area contributed by atoms with E-state index in [2.05, 4.69) is 4.98 Å². The summed E-state index contributed by atoms with van der Waals surface area (Å²) in [5.74, 6) is -1.29. The molecule has 2 heterocycles. The van der Waals surface area contributed by atoms with Crippen molar-refractivity contribution in [2.75, 3.05) is 26.3 Å². The van der Waals surface area contributed by atoms with E-state index in [4.69, 9.17) is 9.47 Å². The van der Waals surface area contributed by atoms with Crippen molar-refractivity contribution in [1.82, 2.24) is 9.88 Å². The Labute approximate surface area is 147 Å². The fourth-order valence-electron chi connectivity index (χ4n) is 3.07. The Bertz CT molecular complexity index is 642. The zero-order valence-corrected chi connectivity index (χ0v) is 15.1. The van der Waals surface area contributed by atoms with Crippen LogP contribution in [0.2, 0.25) is 0 Å². The van der Waals surface area contributed by atoms with Crippen molar-refractivity contribution in [2.45, 2.75) is 46.5 Å². The predicted molar refractivity (Wildman–Crippen MR) is 91.6 cm³/mol. The van der Waals surface area contributed by atoms with Crippen LogP contribution < -0.4 is 0 Å². The Balaban J connectivity index is 2.01. The first-order valence-electron chi connectivity index (χ1n) is 8.76. The molecule has 0 spiro atoms. The molecule has 1 fully saturated rings. The van der Waals surface area contributed by atoms with E-state index in [1.54, 1.807) is 25.7 Å². The fourth-order valence-corrected chi connectivity index (χ4v) is 3.07. The van der Waals surface area contributed by atoms with Gasteiger partial charge >= 0.3 is 11.9 Å². The summed E-state index contributed by atoms with van der Waals surface area (Å²) in [4.78, 5) is 41.1. The number of hydrogen-bond acceptors (Lipinski definition) is 5. The molecule has 1 aliphatic heterocycles. The van der Waals surface area contributed by atoms with Gasteiger partial charge in [-0.25, -0.2) is 9.59 Å². The molecular weight excluding hydrogens is 324 g/mol. The van der Waals surface area contributed by atoms with Crippen LogP contribution in [0.5, 0.6) is 0 Å². The molecular formula is C18H26N2O5. The van der Waals surface area contributed by atoms with Gasteiger partial charge in [-0.2, -0.15) is 0 Å². The Morgan fingerprint density at radius 2 is 1.64 bits per heavy atom. The molecule has 7 nitrogen and oxygen atoms in total. The number of carbonyl (C=O) groups is 3. The largest absolute Gasteiger partial charge is 0.461 e. The lowest BCUT2D eigenvalue weighted by Crippen LogP contribution is -2.35. The van der Waals surface area contributed by atoms with Gasteiger partial charge in [-0.05, 0) is 39.2 Å². The van der Waals surface area contributed by atoms with Gasteiger partial charge in [-0.3, -0.25) is 4.79 Å². The summed E-state index contributed by atoms with van der Waals surface area (Å²) in [7, 11) is 0. The highest BCUT2D eigenvalue weighted by molar-refractivity contribution is 5.99. The van der Waals surface area contributed by atoms with E-state index in [1.807, 2.05) is 0 Å². The second kappa shape index (κ2) is 8.69. The van der Waals surface area contributed by atoms with E-state index >= 15 is 0 Å². The zero-order valence-electron chi connectivity index (χ0n) is 15.1. The van der Waals surface area contributed by atoms with Crippen LogP contribution in [0.1, 0.15) is 64.7 Å². The smallest absolute Gasteiger partial charge is 0.355 e. The van der Waals surface area contributed by atoms with Gasteiger partial charge in [0.2, 0.25) is 0 Å². The minimum absolute atomic E-state index is 0.174. The maximum atomic E-state index is 12.4. The second-order valence-corrected chi connectivity index (χ2v) is 6.22. The quantitative estimate of drug-likeness (QED) is 0.824. The van der Waals surface area contributed by atoms with Gasteiger partial charge < -0.3 is 19.4 Å². The number of nitrogens with one attached hydrogen (secondary N) is 1. The fraction of sp³-hybridized carbons (Fsp3) is 0.611. The lowest BCUT2D eigenvalue weighted by Gasteiger charge is -2.20.